The lowest BCUT2D eigenvalue weighted by atomic mass is 10.1. The van der Waals surface area contributed by atoms with Crippen molar-refractivity contribution in [3.63, 3.8) is 0 Å². The summed E-state index contributed by atoms with van der Waals surface area (Å²) in [6.45, 7) is 1.53. The molecule has 0 amide bonds. The molecule has 0 aliphatic carbocycles. The maximum absolute atomic E-state index is 9.72. The lowest BCUT2D eigenvalue weighted by Gasteiger charge is -2.20. The zero-order chi connectivity index (χ0) is 13.7. The van der Waals surface area contributed by atoms with Gasteiger partial charge in [-0.25, -0.2) is 0 Å². The molecule has 2 rings (SSSR count). The second kappa shape index (κ2) is 7.07. The average molecular weight is 288 g/mol. The Morgan fingerprint density at radius 1 is 1.37 bits per heavy atom. The third kappa shape index (κ3) is 4.06. The van der Waals surface area contributed by atoms with Gasteiger partial charge in [-0.3, -0.25) is 0 Å². The van der Waals surface area contributed by atoms with Gasteiger partial charge < -0.3 is 25.0 Å². The van der Waals surface area contributed by atoms with Crippen molar-refractivity contribution < 1.29 is 19.7 Å². The minimum Gasteiger partial charge on any atom is -0.508 e. The van der Waals surface area contributed by atoms with E-state index < -0.39 is 0 Å². The first-order valence-corrected chi connectivity index (χ1v) is 6.62. The van der Waals surface area contributed by atoms with E-state index >= 15 is 0 Å². The van der Waals surface area contributed by atoms with Crippen LogP contribution in [0.3, 0.4) is 0 Å². The molecule has 1 aliphatic rings. The van der Waals surface area contributed by atoms with Crippen molar-refractivity contribution in [1.82, 2.24) is 5.32 Å². The number of hydrogen-bond donors (Lipinski definition) is 3. The van der Waals surface area contributed by atoms with Crippen LogP contribution in [-0.2, 0) is 16.0 Å². The molecule has 1 aromatic rings. The fourth-order valence-electron chi connectivity index (χ4n) is 1.97. The monoisotopic (exact) mass is 287 g/mol. The Labute approximate surface area is 117 Å². The minimum atomic E-state index is -0.274. The fraction of sp³-hybridized carbons (Fsp3) is 0.538. The summed E-state index contributed by atoms with van der Waals surface area (Å²) in [6.07, 6.45) is 0.284. The number of benzene rings is 1. The molecule has 1 heterocycles. The van der Waals surface area contributed by atoms with Crippen molar-refractivity contribution in [2.75, 3.05) is 19.8 Å². The topological polar surface area (TPSA) is 71.0 Å². The van der Waals surface area contributed by atoms with Gasteiger partial charge in [0.1, 0.15) is 5.75 Å². The number of nitrogens with one attached hydrogen (secondary N) is 1. The highest BCUT2D eigenvalue weighted by atomic mass is 35.5. The van der Waals surface area contributed by atoms with Gasteiger partial charge in [-0.1, -0.05) is 17.7 Å². The third-order valence-electron chi connectivity index (χ3n) is 3.05. The van der Waals surface area contributed by atoms with Gasteiger partial charge in [0.15, 0.2) is 6.29 Å². The standard InChI is InChI=1S/C13H18ClNO4/c14-11-2-1-3-12(17)10(11)7-15-9(8-16)6-13-18-4-5-19-13/h1-3,9,13,15-17H,4-8H2. The largest absolute Gasteiger partial charge is 0.508 e. The molecule has 1 saturated heterocycles. The molecule has 1 atom stereocenters. The first kappa shape index (κ1) is 14.6. The molecular formula is C13H18ClNO4. The predicted octanol–water partition coefficient (Wildman–Crippen LogP) is 1.26. The number of hydrogen-bond acceptors (Lipinski definition) is 5. The Bertz CT molecular complexity index is 389. The van der Waals surface area contributed by atoms with Gasteiger partial charge >= 0.3 is 0 Å². The zero-order valence-electron chi connectivity index (χ0n) is 10.5. The van der Waals surface area contributed by atoms with Crippen LogP contribution in [0.25, 0.3) is 0 Å². The number of phenolic OH excluding ortho intramolecular Hbond substituents is 1. The highest BCUT2D eigenvalue weighted by molar-refractivity contribution is 6.31. The van der Waals surface area contributed by atoms with Crippen LogP contribution in [0.5, 0.6) is 5.75 Å². The molecule has 0 spiro atoms. The Morgan fingerprint density at radius 3 is 2.74 bits per heavy atom. The van der Waals surface area contributed by atoms with Gasteiger partial charge in [0.2, 0.25) is 0 Å². The summed E-state index contributed by atoms with van der Waals surface area (Å²) in [5.74, 6) is 0.144. The Kier molecular flexibility index (Phi) is 5.42. The number of rotatable bonds is 6. The van der Waals surface area contributed by atoms with E-state index in [0.717, 1.165) is 0 Å². The van der Waals surface area contributed by atoms with Gasteiger partial charge in [0.05, 0.1) is 19.8 Å². The highest BCUT2D eigenvalue weighted by Crippen LogP contribution is 2.25. The van der Waals surface area contributed by atoms with Crippen LogP contribution in [0.2, 0.25) is 5.02 Å². The van der Waals surface area contributed by atoms with Crippen LogP contribution >= 0.6 is 11.6 Å². The van der Waals surface area contributed by atoms with Crippen molar-refractivity contribution in [2.24, 2.45) is 0 Å². The van der Waals surface area contributed by atoms with E-state index in [-0.39, 0.29) is 24.7 Å². The summed E-state index contributed by atoms with van der Waals surface area (Å²) >= 11 is 6.01. The van der Waals surface area contributed by atoms with Gasteiger partial charge in [-0.15, -0.1) is 0 Å². The third-order valence-corrected chi connectivity index (χ3v) is 3.40. The number of aromatic hydroxyl groups is 1. The minimum absolute atomic E-state index is 0.0333. The Balaban J connectivity index is 1.88. The summed E-state index contributed by atoms with van der Waals surface area (Å²) in [4.78, 5) is 0. The van der Waals surface area contributed by atoms with E-state index in [1.165, 1.54) is 0 Å². The Hall–Kier alpha value is -0.850. The van der Waals surface area contributed by atoms with E-state index in [4.69, 9.17) is 21.1 Å². The van der Waals surface area contributed by atoms with Crippen molar-refractivity contribution in [3.05, 3.63) is 28.8 Å². The van der Waals surface area contributed by atoms with Gasteiger partial charge in [0, 0.05) is 29.6 Å². The van der Waals surface area contributed by atoms with Crippen molar-refractivity contribution in [1.29, 1.82) is 0 Å². The second-order valence-corrected chi connectivity index (χ2v) is 4.81. The number of ether oxygens (including phenoxy) is 2. The molecule has 0 saturated carbocycles. The molecule has 5 nitrogen and oxygen atoms in total. The highest BCUT2D eigenvalue weighted by Gasteiger charge is 2.21. The van der Waals surface area contributed by atoms with Gasteiger partial charge in [0.25, 0.3) is 0 Å². The van der Waals surface area contributed by atoms with Crippen molar-refractivity contribution in [3.8, 4) is 5.75 Å². The van der Waals surface area contributed by atoms with E-state index in [1.54, 1.807) is 18.2 Å². The molecular weight excluding hydrogens is 270 g/mol. The first-order chi connectivity index (χ1) is 9.20. The summed E-state index contributed by atoms with van der Waals surface area (Å²) in [5.41, 5.74) is 0.621. The SMILES string of the molecule is OCC(CC1OCCO1)NCc1c(O)cccc1Cl. The molecule has 19 heavy (non-hydrogen) atoms. The number of halogens is 1. The van der Waals surface area contributed by atoms with E-state index in [9.17, 15) is 10.2 Å². The fourth-order valence-corrected chi connectivity index (χ4v) is 2.20. The van der Waals surface area contributed by atoms with Crippen LogP contribution in [0.15, 0.2) is 18.2 Å². The van der Waals surface area contributed by atoms with E-state index in [2.05, 4.69) is 5.32 Å². The molecule has 0 aromatic heterocycles. The predicted molar refractivity (Wildman–Crippen MR) is 71.1 cm³/mol. The van der Waals surface area contributed by atoms with Crippen LogP contribution in [0.1, 0.15) is 12.0 Å². The maximum atomic E-state index is 9.72. The average Bonchev–Trinajstić information content (AvgIpc) is 2.89. The molecule has 1 unspecified atom stereocenters. The summed E-state index contributed by atoms with van der Waals surface area (Å²) in [7, 11) is 0. The van der Waals surface area contributed by atoms with Gasteiger partial charge in [-0.05, 0) is 12.1 Å². The van der Waals surface area contributed by atoms with Crippen LogP contribution in [0.4, 0.5) is 0 Å². The molecule has 3 N–H and O–H groups in total. The van der Waals surface area contributed by atoms with Gasteiger partial charge in [-0.2, -0.15) is 0 Å². The Morgan fingerprint density at radius 2 is 2.11 bits per heavy atom. The molecule has 6 heteroatoms. The van der Waals surface area contributed by atoms with E-state index in [0.29, 0.717) is 36.8 Å². The van der Waals surface area contributed by atoms with Crippen LogP contribution in [0, 0.1) is 0 Å². The summed E-state index contributed by atoms with van der Waals surface area (Å²) < 4.78 is 10.7. The van der Waals surface area contributed by atoms with Crippen molar-refractivity contribution >= 4 is 11.6 Å². The zero-order valence-corrected chi connectivity index (χ0v) is 11.3. The molecule has 0 radical (unpaired) electrons. The van der Waals surface area contributed by atoms with Crippen LogP contribution < -0.4 is 5.32 Å². The number of aliphatic hydroxyl groups is 1. The molecule has 0 bridgehead atoms. The second-order valence-electron chi connectivity index (χ2n) is 4.40. The first-order valence-electron chi connectivity index (χ1n) is 6.24. The number of phenols is 1. The molecule has 1 fully saturated rings. The molecule has 106 valence electrons. The lowest BCUT2D eigenvalue weighted by Crippen LogP contribution is -2.35. The quantitative estimate of drug-likeness (QED) is 0.735. The molecule has 1 aromatic carbocycles. The summed E-state index contributed by atoms with van der Waals surface area (Å²) in [5, 5.41) is 22.7. The lowest BCUT2D eigenvalue weighted by molar-refractivity contribution is -0.0560. The molecule has 1 aliphatic heterocycles. The summed E-state index contributed by atoms with van der Waals surface area (Å²) in [6, 6.07) is 4.82. The smallest absolute Gasteiger partial charge is 0.159 e. The van der Waals surface area contributed by atoms with Crippen LogP contribution in [-0.4, -0.2) is 42.4 Å². The normalized spacial score (nSPS) is 17.8. The maximum Gasteiger partial charge on any atom is 0.159 e. The van der Waals surface area contributed by atoms with E-state index in [1.807, 2.05) is 0 Å². The van der Waals surface area contributed by atoms with Crippen molar-refractivity contribution in [2.45, 2.75) is 25.3 Å². The number of aliphatic hydroxyl groups excluding tert-OH is 1.